The average Bonchev–Trinajstić information content (AvgIpc) is 1.12. The van der Waals surface area contributed by atoms with Crippen molar-refractivity contribution in [2.75, 3.05) is 0 Å². The molecule has 0 rings (SSSR count). The van der Waals surface area contributed by atoms with Gasteiger partial charge in [0.05, 0.1) is 0 Å². The first-order valence-electron chi connectivity index (χ1n) is 1.57. The Kier molecular flexibility index (Phi) is 9.56. The molecule has 0 saturated carbocycles. The zero-order valence-electron chi connectivity index (χ0n) is 4.39. The van der Waals surface area contributed by atoms with E-state index in [1.54, 1.807) is 0 Å². The Balaban J connectivity index is -0.000000107. The Morgan fingerprint density at radius 3 is 0.636 bits per heavy atom. The largest absolute Gasteiger partial charge is 0.466 e. The molecule has 0 aromatic rings. The SMILES string of the molecule is O=P(O)(O)O.O=P(O)(O)O.[SiH4]. The molecule has 0 heterocycles. The highest BCUT2D eigenvalue weighted by Crippen LogP contribution is 2.26. The van der Waals surface area contributed by atoms with E-state index in [1.165, 1.54) is 0 Å². The molecule has 0 unspecified atom stereocenters. The van der Waals surface area contributed by atoms with Crippen molar-refractivity contribution < 1.29 is 38.5 Å². The molecule has 0 saturated heterocycles. The maximum absolute atomic E-state index is 8.88. The third-order valence-corrected chi connectivity index (χ3v) is 0. The van der Waals surface area contributed by atoms with Gasteiger partial charge in [-0.2, -0.15) is 0 Å². The summed E-state index contributed by atoms with van der Waals surface area (Å²) in [5, 5.41) is 0. The molecule has 11 heteroatoms. The molecule has 0 bridgehead atoms. The fourth-order valence-corrected chi connectivity index (χ4v) is 0. The summed E-state index contributed by atoms with van der Waals surface area (Å²) < 4.78 is 17.8. The first-order chi connectivity index (χ1) is 4.00. The predicted octanol–water partition coefficient (Wildman–Crippen LogP) is -3.31. The predicted molar refractivity (Wildman–Crippen MR) is 39.9 cm³/mol. The fourth-order valence-electron chi connectivity index (χ4n) is 0. The van der Waals surface area contributed by atoms with Crippen LogP contribution in [-0.2, 0) is 9.13 Å². The second-order valence-electron chi connectivity index (χ2n) is 1.03. The summed E-state index contributed by atoms with van der Waals surface area (Å²) >= 11 is 0. The third-order valence-electron chi connectivity index (χ3n) is 0. The molecule has 6 N–H and O–H groups in total. The van der Waals surface area contributed by atoms with E-state index in [0.717, 1.165) is 0 Å². The van der Waals surface area contributed by atoms with Gasteiger partial charge < -0.3 is 29.4 Å². The van der Waals surface area contributed by atoms with Crippen molar-refractivity contribution >= 4 is 26.6 Å². The number of hydrogen-bond donors (Lipinski definition) is 6. The Labute approximate surface area is 66.0 Å². The molecule has 0 fully saturated rings. The average molecular weight is 228 g/mol. The molecule has 0 amide bonds. The quantitative estimate of drug-likeness (QED) is 0.186. The molecule has 11 heavy (non-hydrogen) atoms. The minimum atomic E-state index is -4.64. The van der Waals surface area contributed by atoms with Crippen LogP contribution in [0.3, 0.4) is 0 Å². The van der Waals surface area contributed by atoms with Crippen molar-refractivity contribution in [2.45, 2.75) is 0 Å². The molecule has 0 aliphatic rings. The van der Waals surface area contributed by atoms with Crippen LogP contribution in [0.2, 0.25) is 0 Å². The van der Waals surface area contributed by atoms with Gasteiger partial charge in [-0.1, -0.05) is 0 Å². The van der Waals surface area contributed by atoms with Crippen LogP contribution in [0.1, 0.15) is 0 Å². The number of rotatable bonds is 0. The van der Waals surface area contributed by atoms with Gasteiger partial charge in [0.15, 0.2) is 0 Å². The third kappa shape index (κ3) is 3890. The molecule has 0 spiro atoms. The zero-order chi connectivity index (χ0) is 9.00. The Morgan fingerprint density at radius 2 is 0.636 bits per heavy atom. The summed E-state index contributed by atoms with van der Waals surface area (Å²) in [6.45, 7) is 0. The highest BCUT2D eigenvalue weighted by molar-refractivity contribution is 7.45. The lowest BCUT2D eigenvalue weighted by molar-refractivity contribution is 0.272. The zero-order valence-corrected chi connectivity index (χ0v) is 6.18. The van der Waals surface area contributed by atoms with Gasteiger partial charge in [0.25, 0.3) is 0 Å². The molecular weight excluding hydrogens is 218 g/mol. The Hall–Kier alpha value is 0.437. The van der Waals surface area contributed by atoms with Gasteiger partial charge in [-0.15, -0.1) is 0 Å². The van der Waals surface area contributed by atoms with Gasteiger partial charge in [-0.05, 0) is 11.0 Å². The van der Waals surface area contributed by atoms with Gasteiger partial charge in [-0.25, -0.2) is 9.13 Å². The van der Waals surface area contributed by atoms with Crippen molar-refractivity contribution in [3.8, 4) is 0 Å². The highest BCUT2D eigenvalue weighted by atomic mass is 31.2. The van der Waals surface area contributed by atoms with Crippen molar-refractivity contribution in [3.05, 3.63) is 0 Å². The summed E-state index contributed by atoms with van der Waals surface area (Å²) in [6.07, 6.45) is 0. The van der Waals surface area contributed by atoms with Crippen molar-refractivity contribution in [2.24, 2.45) is 0 Å². The summed E-state index contributed by atoms with van der Waals surface area (Å²) in [4.78, 5) is 43.1. The molecule has 72 valence electrons. The Bertz CT molecular complexity index is 124. The summed E-state index contributed by atoms with van der Waals surface area (Å²) in [6, 6.07) is 0. The van der Waals surface area contributed by atoms with Crippen LogP contribution in [0.5, 0.6) is 0 Å². The second kappa shape index (κ2) is 6.01. The van der Waals surface area contributed by atoms with Crippen molar-refractivity contribution in [1.29, 1.82) is 0 Å². The molecular formula is H10O8P2Si. The molecule has 0 atom stereocenters. The van der Waals surface area contributed by atoms with Gasteiger partial charge in [0, 0.05) is 0 Å². The van der Waals surface area contributed by atoms with Crippen LogP contribution in [0.25, 0.3) is 0 Å². The molecule has 0 aliphatic heterocycles. The van der Waals surface area contributed by atoms with E-state index in [2.05, 4.69) is 0 Å². The van der Waals surface area contributed by atoms with Gasteiger partial charge in [0.2, 0.25) is 0 Å². The first-order valence-corrected chi connectivity index (χ1v) is 4.70. The lowest BCUT2D eigenvalue weighted by atomic mass is 15.8. The summed E-state index contributed by atoms with van der Waals surface area (Å²) in [7, 11) is -9.28. The monoisotopic (exact) mass is 228 g/mol. The summed E-state index contributed by atoms with van der Waals surface area (Å²) in [5.74, 6) is 0. The van der Waals surface area contributed by atoms with Crippen LogP contribution in [0.4, 0.5) is 0 Å². The summed E-state index contributed by atoms with van der Waals surface area (Å²) in [5.41, 5.74) is 0. The van der Waals surface area contributed by atoms with E-state index in [1.807, 2.05) is 0 Å². The van der Waals surface area contributed by atoms with E-state index < -0.39 is 15.6 Å². The minimum absolute atomic E-state index is 0. The van der Waals surface area contributed by atoms with Crippen LogP contribution in [0, 0.1) is 0 Å². The van der Waals surface area contributed by atoms with E-state index in [0.29, 0.717) is 0 Å². The van der Waals surface area contributed by atoms with Gasteiger partial charge >= 0.3 is 15.6 Å². The smallest absolute Gasteiger partial charge is 0.303 e. The van der Waals surface area contributed by atoms with Crippen molar-refractivity contribution in [1.82, 2.24) is 0 Å². The lowest BCUT2D eigenvalue weighted by Gasteiger charge is -1.82. The van der Waals surface area contributed by atoms with E-state index in [-0.39, 0.29) is 11.0 Å². The highest BCUT2D eigenvalue weighted by Gasteiger charge is 2.00. The maximum atomic E-state index is 8.88. The second-order valence-corrected chi connectivity index (χ2v) is 3.08. The minimum Gasteiger partial charge on any atom is -0.303 e. The van der Waals surface area contributed by atoms with Gasteiger partial charge in [-0.3, -0.25) is 0 Å². The topological polar surface area (TPSA) is 156 Å². The van der Waals surface area contributed by atoms with Crippen LogP contribution < -0.4 is 0 Å². The lowest BCUT2D eigenvalue weighted by Crippen LogP contribution is -1.66. The van der Waals surface area contributed by atoms with Crippen LogP contribution in [-0.4, -0.2) is 40.3 Å². The number of hydrogen-bond acceptors (Lipinski definition) is 2. The van der Waals surface area contributed by atoms with E-state index >= 15 is 0 Å². The normalized spacial score (nSPS) is 10.7. The van der Waals surface area contributed by atoms with Crippen LogP contribution in [0.15, 0.2) is 0 Å². The van der Waals surface area contributed by atoms with Crippen molar-refractivity contribution in [3.63, 3.8) is 0 Å². The fraction of sp³-hybridized carbons (Fsp3) is 0. The molecule has 0 aromatic heterocycles. The van der Waals surface area contributed by atoms with Crippen LogP contribution >= 0.6 is 15.6 Å². The Morgan fingerprint density at radius 1 is 0.636 bits per heavy atom. The van der Waals surface area contributed by atoms with Gasteiger partial charge in [0.1, 0.15) is 0 Å². The number of phosphoric acid groups is 2. The van der Waals surface area contributed by atoms with E-state index in [4.69, 9.17) is 38.5 Å². The molecule has 8 nitrogen and oxygen atoms in total. The first kappa shape index (κ1) is 17.5. The molecule has 0 radical (unpaired) electrons. The standard InChI is InChI=1S/2H3O4P.H4Si/c2*1-5(2,3)4;/h2*(H3,1,2,3,4);1H4. The molecule has 0 aromatic carbocycles. The maximum Gasteiger partial charge on any atom is 0.466 e. The molecule has 0 aliphatic carbocycles. The van der Waals surface area contributed by atoms with E-state index in [9.17, 15) is 0 Å².